The van der Waals surface area contributed by atoms with Crippen molar-refractivity contribution < 1.29 is 14.7 Å². The number of hydrogen-bond acceptors (Lipinski definition) is 3. The normalized spacial score (nSPS) is 18.2. The number of hydrogen-bond donors (Lipinski definition) is 3. The largest absolute Gasteiger partial charge is 0.480 e. The first-order chi connectivity index (χ1) is 8.00. The molecule has 0 aromatic carbocycles. The van der Waals surface area contributed by atoms with E-state index in [1.54, 1.807) is 0 Å². The SMILES string of the molecule is CCSCCC(C)NC(=O)NC1(C(=O)O)CC1. The summed E-state index contributed by atoms with van der Waals surface area (Å²) in [6.45, 7) is 4.02. The second-order valence-electron chi connectivity index (χ2n) is 4.37. The summed E-state index contributed by atoms with van der Waals surface area (Å²) in [5.74, 6) is 1.13. The van der Waals surface area contributed by atoms with Crippen molar-refractivity contribution >= 4 is 23.8 Å². The second-order valence-corrected chi connectivity index (χ2v) is 5.77. The van der Waals surface area contributed by atoms with Crippen molar-refractivity contribution in [1.29, 1.82) is 0 Å². The average Bonchev–Trinajstić information content (AvgIpc) is 2.99. The molecule has 0 bridgehead atoms. The van der Waals surface area contributed by atoms with Gasteiger partial charge >= 0.3 is 12.0 Å². The molecule has 1 aliphatic carbocycles. The van der Waals surface area contributed by atoms with Crippen LogP contribution in [0.2, 0.25) is 0 Å². The van der Waals surface area contributed by atoms with E-state index in [0.717, 1.165) is 17.9 Å². The first-order valence-corrected chi connectivity index (χ1v) is 7.05. The minimum absolute atomic E-state index is 0.0682. The average molecular weight is 260 g/mol. The molecule has 5 nitrogen and oxygen atoms in total. The van der Waals surface area contributed by atoms with E-state index in [0.29, 0.717) is 12.8 Å². The number of urea groups is 1. The lowest BCUT2D eigenvalue weighted by Crippen LogP contribution is -2.50. The Morgan fingerprint density at radius 3 is 2.59 bits per heavy atom. The third-order valence-electron chi connectivity index (χ3n) is 2.79. The number of aliphatic carboxylic acids is 1. The van der Waals surface area contributed by atoms with Crippen LogP contribution in [0.25, 0.3) is 0 Å². The molecule has 1 aliphatic rings. The predicted molar refractivity (Wildman–Crippen MR) is 68.3 cm³/mol. The zero-order chi connectivity index (χ0) is 12.9. The number of nitrogens with one attached hydrogen (secondary N) is 2. The fourth-order valence-corrected chi connectivity index (χ4v) is 2.28. The fraction of sp³-hybridized carbons (Fsp3) is 0.818. The molecule has 1 saturated carbocycles. The van der Waals surface area contributed by atoms with Gasteiger partial charge in [0.15, 0.2) is 0 Å². The van der Waals surface area contributed by atoms with Gasteiger partial charge in [-0.1, -0.05) is 6.92 Å². The molecule has 1 rings (SSSR count). The molecule has 0 saturated heterocycles. The number of carbonyl (C=O) groups excluding carboxylic acids is 1. The number of carboxylic acids is 1. The van der Waals surface area contributed by atoms with Gasteiger partial charge in [-0.3, -0.25) is 0 Å². The van der Waals surface area contributed by atoms with Crippen LogP contribution in [-0.2, 0) is 4.79 Å². The Labute approximate surface area is 106 Å². The van der Waals surface area contributed by atoms with Gasteiger partial charge in [-0.25, -0.2) is 9.59 Å². The van der Waals surface area contributed by atoms with Crippen molar-refractivity contribution in [2.75, 3.05) is 11.5 Å². The van der Waals surface area contributed by atoms with Gasteiger partial charge in [0, 0.05) is 6.04 Å². The summed E-state index contributed by atoms with van der Waals surface area (Å²) in [7, 11) is 0. The summed E-state index contributed by atoms with van der Waals surface area (Å²) >= 11 is 1.83. The van der Waals surface area contributed by atoms with Crippen molar-refractivity contribution in [3.8, 4) is 0 Å². The Bertz CT molecular complexity index is 292. The molecular weight excluding hydrogens is 240 g/mol. The first kappa shape index (κ1) is 14.2. The third kappa shape index (κ3) is 4.46. The van der Waals surface area contributed by atoms with Crippen molar-refractivity contribution in [3.05, 3.63) is 0 Å². The quantitative estimate of drug-likeness (QED) is 0.605. The van der Waals surface area contributed by atoms with Crippen LogP contribution in [-0.4, -0.2) is 40.2 Å². The maximum atomic E-state index is 11.6. The smallest absolute Gasteiger partial charge is 0.329 e. The Kier molecular flexibility index (Phi) is 5.11. The zero-order valence-corrected chi connectivity index (χ0v) is 11.1. The van der Waals surface area contributed by atoms with Crippen molar-refractivity contribution in [2.45, 2.75) is 44.7 Å². The highest BCUT2D eigenvalue weighted by Gasteiger charge is 2.51. The van der Waals surface area contributed by atoms with E-state index in [-0.39, 0.29) is 12.1 Å². The van der Waals surface area contributed by atoms with Crippen molar-refractivity contribution in [3.63, 3.8) is 0 Å². The Morgan fingerprint density at radius 1 is 1.47 bits per heavy atom. The molecule has 1 unspecified atom stereocenters. The van der Waals surface area contributed by atoms with Crippen LogP contribution in [0.3, 0.4) is 0 Å². The lowest BCUT2D eigenvalue weighted by molar-refractivity contribution is -0.140. The molecule has 98 valence electrons. The summed E-state index contributed by atoms with van der Waals surface area (Å²) in [5, 5.41) is 14.2. The maximum absolute atomic E-state index is 11.6. The van der Waals surface area contributed by atoms with Gasteiger partial charge in [0.25, 0.3) is 0 Å². The number of rotatable bonds is 7. The van der Waals surface area contributed by atoms with E-state index < -0.39 is 11.5 Å². The van der Waals surface area contributed by atoms with Crippen LogP contribution in [0.4, 0.5) is 4.79 Å². The van der Waals surface area contributed by atoms with Crippen LogP contribution in [0.1, 0.15) is 33.1 Å². The predicted octanol–water partition coefficient (Wildman–Crippen LogP) is 1.43. The minimum Gasteiger partial charge on any atom is -0.480 e. The summed E-state index contributed by atoms with van der Waals surface area (Å²) in [4.78, 5) is 22.4. The Hall–Kier alpha value is -0.910. The van der Waals surface area contributed by atoms with E-state index in [1.165, 1.54) is 0 Å². The fourth-order valence-electron chi connectivity index (χ4n) is 1.47. The van der Waals surface area contributed by atoms with Gasteiger partial charge in [-0.05, 0) is 37.7 Å². The molecule has 17 heavy (non-hydrogen) atoms. The van der Waals surface area contributed by atoms with Gasteiger partial charge in [-0.15, -0.1) is 0 Å². The Morgan fingerprint density at radius 2 is 2.12 bits per heavy atom. The van der Waals surface area contributed by atoms with Gasteiger partial charge in [0.05, 0.1) is 0 Å². The van der Waals surface area contributed by atoms with Crippen LogP contribution >= 0.6 is 11.8 Å². The van der Waals surface area contributed by atoms with Gasteiger partial charge in [-0.2, -0.15) is 11.8 Å². The molecule has 1 atom stereocenters. The summed E-state index contributed by atoms with van der Waals surface area (Å²) in [6, 6.07) is -0.308. The summed E-state index contributed by atoms with van der Waals surface area (Å²) in [5.41, 5.74) is -0.998. The summed E-state index contributed by atoms with van der Waals surface area (Å²) in [6.07, 6.45) is 1.94. The molecule has 0 aliphatic heterocycles. The van der Waals surface area contributed by atoms with Crippen LogP contribution < -0.4 is 10.6 Å². The number of carboxylic acid groups (broad SMARTS) is 1. The minimum atomic E-state index is -0.998. The van der Waals surface area contributed by atoms with E-state index in [2.05, 4.69) is 17.6 Å². The Balaban J connectivity index is 2.23. The lowest BCUT2D eigenvalue weighted by Gasteiger charge is -2.17. The number of amides is 2. The molecule has 0 aromatic heterocycles. The molecular formula is C11H20N2O3S. The van der Waals surface area contributed by atoms with Crippen molar-refractivity contribution in [2.24, 2.45) is 0 Å². The highest BCUT2D eigenvalue weighted by atomic mass is 32.2. The second kappa shape index (κ2) is 6.14. The topological polar surface area (TPSA) is 78.4 Å². The van der Waals surface area contributed by atoms with Gasteiger partial charge < -0.3 is 15.7 Å². The van der Waals surface area contributed by atoms with E-state index in [9.17, 15) is 9.59 Å². The summed E-state index contributed by atoms with van der Waals surface area (Å²) < 4.78 is 0. The van der Waals surface area contributed by atoms with E-state index in [1.807, 2.05) is 18.7 Å². The first-order valence-electron chi connectivity index (χ1n) is 5.90. The monoisotopic (exact) mass is 260 g/mol. The molecule has 3 N–H and O–H groups in total. The van der Waals surface area contributed by atoms with E-state index >= 15 is 0 Å². The number of carbonyl (C=O) groups is 2. The van der Waals surface area contributed by atoms with E-state index in [4.69, 9.17) is 5.11 Å². The third-order valence-corrected chi connectivity index (χ3v) is 3.72. The molecule has 2 amide bonds. The molecule has 0 heterocycles. The molecule has 1 fully saturated rings. The molecule has 6 heteroatoms. The van der Waals surface area contributed by atoms with Crippen molar-refractivity contribution in [1.82, 2.24) is 10.6 Å². The molecule has 0 spiro atoms. The van der Waals surface area contributed by atoms with Crippen LogP contribution in [0.15, 0.2) is 0 Å². The maximum Gasteiger partial charge on any atom is 0.329 e. The van der Waals surface area contributed by atoms with Crippen LogP contribution in [0.5, 0.6) is 0 Å². The number of thioether (sulfide) groups is 1. The highest BCUT2D eigenvalue weighted by molar-refractivity contribution is 7.99. The highest BCUT2D eigenvalue weighted by Crippen LogP contribution is 2.35. The molecule has 0 aromatic rings. The lowest BCUT2D eigenvalue weighted by atomic mass is 10.2. The van der Waals surface area contributed by atoms with Gasteiger partial charge in [0.2, 0.25) is 0 Å². The van der Waals surface area contributed by atoms with Crippen LogP contribution in [0, 0.1) is 0 Å². The zero-order valence-electron chi connectivity index (χ0n) is 10.3. The molecule has 0 radical (unpaired) electrons. The standard InChI is InChI=1S/C11H20N2O3S/c1-3-17-7-4-8(2)12-10(16)13-11(5-6-11)9(14)15/h8H,3-7H2,1-2H3,(H,14,15)(H2,12,13,16). The van der Waals surface area contributed by atoms with Gasteiger partial charge in [0.1, 0.15) is 5.54 Å².